The Kier molecular flexibility index (Phi) is 2.32. The monoisotopic (exact) mass is 183 g/mol. The molecule has 0 saturated heterocycles. The number of aromatic nitrogens is 2. The van der Waals surface area contributed by atoms with Crippen LogP contribution in [0, 0.1) is 0 Å². The molecule has 0 bridgehead atoms. The van der Waals surface area contributed by atoms with E-state index in [1.807, 2.05) is 0 Å². The molecule has 70 valence electrons. The van der Waals surface area contributed by atoms with Crippen molar-refractivity contribution >= 4 is 11.9 Å². The second kappa shape index (κ2) is 3.26. The summed E-state index contributed by atoms with van der Waals surface area (Å²) in [7, 11) is 0. The van der Waals surface area contributed by atoms with Crippen molar-refractivity contribution in [3.05, 3.63) is 18.0 Å². The normalized spacial score (nSPS) is 12.4. The van der Waals surface area contributed by atoms with Crippen LogP contribution in [0.15, 0.2) is 12.3 Å². The van der Waals surface area contributed by atoms with Gasteiger partial charge in [-0.25, -0.2) is 4.79 Å². The summed E-state index contributed by atoms with van der Waals surface area (Å²) in [6.07, 6.45) is 1.40. The minimum Gasteiger partial charge on any atom is -0.480 e. The van der Waals surface area contributed by atoms with Crippen LogP contribution >= 0.6 is 0 Å². The first-order chi connectivity index (χ1) is 6.02. The number of carbonyl (C=O) groups is 2. The van der Waals surface area contributed by atoms with Gasteiger partial charge in [0.25, 0.3) is 5.91 Å². The fourth-order valence-electron chi connectivity index (χ4n) is 0.798. The highest BCUT2D eigenvalue weighted by atomic mass is 16.4. The van der Waals surface area contributed by atoms with Crippen molar-refractivity contribution in [2.45, 2.75) is 13.0 Å². The first-order valence-corrected chi connectivity index (χ1v) is 3.60. The largest absolute Gasteiger partial charge is 0.480 e. The number of nitrogens with two attached hydrogens (primary N) is 1. The number of primary amides is 1. The molecular weight excluding hydrogens is 174 g/mol. The second-order valence-corrected chi connectivity index (χ2v) is 2.56. The minimum absolute atomic E-state index is 0.0631. The van der Waals surface area contributed by atoms with Crippen molar-refractivity contribution in [1.29, 1.82) is 0 Å². The maximum atomic E-state index is 10.6. The lowest BCUT2D eigenvalue weighted by molar-refractivity contribution is -0.140. The lowest BCUT2D eigenvalue weighted by Crippen LogP contribution is -2.18. The Morgan fingerprint density at radius 2 is 2.31 bits per heavy atom. The number of rotatable bonds is 3. The average Bonchev–Trinajstić information content (AvgIpc) is 2.50. The molecule has 0 spiro atoms. The molecule has 3 N–H and O–H groups in total. The summed E-state index contributed by atoms with van der Waals surface area (Å²) in [6, 6.07) is 0.579. The van der Waals surface area contributed by atoms with E-state index >= 15 is 0 Å². The zero-order chi connectivity index (χ0) is 10.0. The molecule has 1 aromatic rings. The van der Waals surface area contributed by atoms with Crippen molar-refractivity contribution in [1.82, 2.24) is 9.78 Å². The van der Waals surface area contributed by atoms with Gasteiger partial charge in [-0.15, -0.1) is 0 Å². The number of carbonyl (C=O) groups excluding carboxylic acids is 1. The summed E-state index contributed by atoms with van der Waals surface area (Å²) < 4.78 is 1.17. The predicted molar refractivity (Wildman–Crippen MR) is 43.1 cm³/mol. The summed E-state index contributed by atoms with van der Waals surface area (Å²) in [4.78, 5) is 21.1. The van der Waals surface area contributed by atoms with E-state index in [0.717, 1.165) is 0 Å². The highest BCUT2D eigenvalue weighted by molar-refractivity contribution is 5.90. The molecule has 0 fully saturated rings. The van der Waals surface area contributed by atoms with Crippen LogP contribution in [0.25, 0.3) is 0 Å². The highest BCUT2D eigenvalue weighted by Crippen LogP contribution is 2.04. The molecule has 1 rings (SSSR count). The Balaban J connectivity index is 2.91. The summed E-state index contributed by atoms with van der Waals surface area (Å²) in [5.74, 6) is -1.68. The Morgan fingerprint density at radius 3 is 2.69 bits per heavy atom. The molecule has 0 aliphatic carbocycles. The number of aliphatic carboxylic acids is 1. The lowest BCUT2D eigenvalue weighted by Gasteiger charge is -2.04. The van der Waals surface area contributed by atoms with Crippen LogP contribution in [-0.4, -0.2) is 26.8 Å². The Hall–Kier alpha value is -1.85. The van der Waals surface area contributed by atoms with Crippen molar-refractivity contribution in [2.75, 3.05) is 0 Å². The fourth-order valence-corrected chi connectivity index (χ4v) is 0.798. The van der Waals surface area contributed by atoms with Gasteiger partial charge in [0.2, 0.25) is 0 Å². The van der Waals surface area contributed by atoms with Crippen molar-refractivity contribution < 1.29 is 14.7 Å². The quantitative estimate of drug-likeness (QED) is 0.667. The third-order valence-electron chi connectivity index (χ3n) is 1.61. The van der Waals surface area contributed by atoms with Crippen LogP contribution in [0.4, 0.5) is 0 Å². The smallest absolute Gasteiger partial charge is 0.328 e. The van der Waals surface area contributed by atoms with E-state index in [4.69, 9.17) is 10.8 Å². The number of carboxylic acid groups (broad SMARTS) is 1. The molecule has 6 heteroatoms. The highest BCUT2D eigenvalue weighted by Gasteiger charge is 2.15. The van der Waals surface area contributed by atoms with E-state index in [0.29, 0.717) is 0 Å². The lowest BCUT2D eigenvalue weighted by atomic mass is 10.4. The number of carboxylic acids is 1. The molecule has 1 heterocycles. The van der Waals surface area contributed by atoms with Crippen LogP contribution in [0.1, 0.15) is 23.5 Å². The number of nitrogens with zero attached hydrogens (tertiary/aromatic N) is 2. The van der Waals surface area contributed by atoms with Gasteiger partial charge in [0.1, 0.15) is 11.7 Å². The Labute approximate surface area is 74.0 Å². The third kappa shape index (κ3) is 1.84. The molecule has 0 radical (unpaired) electrons. The van der Waals surface area contributed by atoms with E-state index in [9.17, 15) is 9.59 Å². The number of amides is 1. The van der Waals surface area contributed by atoms with E-state index < -0.39 is 17.9 Å². The zero-order valence-electron chi connectivity index (χ0n) is 6.97. The molecule has 0 aliphatic rings. The van der Waals surface area contributed by atoms with Gasteiger partial charge in [-0.1, -0.05) is 0 Å². The van der Waals surface area contributed by atoms with Crippen LogP contribution in [0.3, 0.4) is 0 Å². The van der Waals surface area contributed by atoms with Crippen LogP contribution < -0.4 is 5.73 Å². The van der Waals surface area contributed by atoms with Gasteiger partial charge in [-0.2, -0.15) is 5.10 Å². The van der Waals surface area contributed by atoms with Gasteiger partial charge >= 0.3 is 5.97 Å². The van der Waals surface area contributed by atoms with Gasteiger partial charge in [-0.3, -0.25) is 9.48 Å². The van der Waals surface area contributed by atoms with Gasteiger partial charge < -0.3 is 10.8 Å². The minimum atomic E-state index is -1.01. The number of hydrogen-bond donors (Lipinski definition) is 2. The van der Waals surface area contributed by atoms with Gasteiger partial charge in [-0.05, 0) is 13.0 Å². The van der Waals surface area contributed by atoms with Crippen LogP contribution in [0.5, 0.6) is 0 Å². The van der Waals surface area contributed by atoms with Crippen molar-refractivity contribution in [2.24, 2.45) is 5.73 Å². The van der Waals surface area contributed by atoms with Gasteiger partial charge in [0.15, 0.2) is 0 Å². The molecule has 1 atom stereocenters. The molecule has 1 aromatic heterocycles. The average molecular weight is 183 g/mol. The molecular formula is C7H9N3O3. The van der Waals surface area contributed by atoms with Crippen molar-refractivity contribution in [3.8, 4) is 0 Å². The SMILES string of the molecule is CC(C(=O)O)n1ccc(C(N)=O)n1. The Bertz CT molecular complexity index is 345. The van der Waals surface area contributed by atoms with Crippen molar-refractivity contribution in [3.63, 3.8) is 0 Å². The fraction of sp³-hybridized carbons (Fsp3) is 0.286. The van der Waals surface area contributed by atoms with Crippen LogP contribution in [-0.2, 0) is 4.79 Å². The third-order valence-corrected chi connectivity index (χ3v) is 1.61. The second-order valence-electron chi connectivity index (χ2n) is 2.56. The maximum Gasteiger partial charge on any atom is 0.328 e. The van der Waals surface area contributed by atoms with E-state index in [-0.39, 0.29) is 5.69 Å². The topological polar surface area (TPSA) is 98.2 Å². The van der Waals surface area contributed by atoms with E-state index in [2.05, 4.69) is 5.10 Å². The van der Waals surface area contributed by atoms with E-state index in [1.165, 1.54) is 23.9 Å². The molecule has 1 amide bonds. The molecule has 0 aliphatic heterocycles. The molecule has 6 nitrogen and oxygen atoms in total. The van der Waals surface area contributed by atoms with E-state index in [1.54, 1.807) is 0 Å². The number of hydrogen-bond acceptors (Lipinski definition) is 3. The molecule has 0 aromatic carbocycles. The molecule has 0 saturated carbocycles. The maximum absolute atomic E-state index is 10.6. The standard InChI is InChI=1S/C7H9N3O3/c1-4(7(12)13)10-3-2-5(9-10)6(8)11/h2-4H,1H3,(H2,8,11)(H,12,13). The zero-order valence-corrected chi connectivity index (χ0v) is 6.97. The predicted octanol–water partition coefficient (Wildman–Crippen LogP) is -0.372. The Morgan fingerprint density at radius 1 is 1.69 bits per heavy atom. The summed E-state index contributed by atoms with van der Waals surface area (Å²) in [5.41, 5.74) is 5.00. The van der Waals surface area contributed by atoms with Gasteiger partial charge in [0, 0.05) is 6.20 Å². The summed E-state index contributed by atoms with van der Waals surface area (Å²) in [6.45, 7) is 1.46. The molecule has 13 heavy (non-hydrogen) atoms. The summed E-state index contributed by atoms with van der Waals surface area (Å²) >= 11 is 0. The first kappa shape index (κ1) is 9.24. The first-order valence-electron chi connectivity index (χ1n) is 3.60. The van der Waals surface area contributed by atoms with Crippen LogP contribution in [0.2, 0.25) is 0 Å². The molecule has 1 unspecified atom stereocenters. The summed E-state index contributed by atoms with van der Waals surface area (Å²) in [5, 5.41) is 12.3. The van der Waals surface area contributed by atoms with Gasteiger partial charge in [0.05, 0.1) is 0 Å².